The third-order valence-electron chi connectivity index (χ3n) is 4.83. The van der Waals surface area contributed by atoms with Crippen molar-refractivity contribution in [3.05, 3.63) is 65.0 Å². The maximum atomic E-state index is 13.4. The van der Waals surface area contributed by atoms with E-state index in [2.05, 4.69) is 32.6 Å². The maximum Gasteiger partial charge on any atom is 0.123 e. The minimum Gasteiger partial charge on any atom is -0.508 e. The zero-order valence-electron chi connectivity index (χ0n) is 16.0. The van der Waals surface area contributed by atoms with E-state index in [4.69, 9.17) is 0 Å². The molecule has 136 valence electrons. The Bertz CT molecular complexity index is 671. The molecule has 1 atom stereocenters. The summed E-state index contributed by atoms with van der Waals surface area (Å²) in [4.78, 5) is 2.45. The second kappa shape index (κ2) is 8.48. The van der Waals surface area contributed by atoms with Crippen LogP contribution in [-0.4, -0.2) is 28.6 Å². The summed E-state index contributed by atoms with van der Waals surface area (Å²) >= 11 is 0. The Balaban J connectivity index is 2.35. The first kappa shape index (κ1) is 19.5. The van der Waals surface area contributed by atoms with Crippen LogP contribution in [0.1, 0.15) is 56.7 Å². The highest BCUT2D eigenvalue weighted by molar-refractivity contribution is 5.43. The van der Waals surface area contributed by atoms with Crippen molar-refractivity contribution in [1.29, 1.82) is 0 Å². The Morgan fingerprint density at radius 1 is 0.960 bits per heavy atom. The van der Waals surface area contributed by atoms with Gasteiger partial charge in [0.25, 0.3) is 0 Å². The summed E-state index contributed by atoms with van der Waals surface area (Å²) in [6.45, 7) is 11.8. The lowest BCUT2D eigenvalue weighted by atomic mass is 9.86. The van der Waals surface area contributed by atoms with Gasteiger partial charge in [0, 0.05) is 23.6 Å². The molecule has 0 unspecified atom stereocenters. The van der Waals surface area contributed by atoms with Gasteiger partial charge in [-0.15, -0.1) is 0 Å². The molecule has 25 heavy (non-hydrogen) atoms. The number of phenols is 1. The smallest absolute Gasteiger partial charge is 0.123 e. The van der Waals surface area contributed by atoms with E-state index in [1.165, 1.54) is 12.1 Å². The van der Waals surface area contributed by atoms with Crippen molar-refractivity contribution in [3.8, 4) is 5.75 Å². The molecule has 0 radical (unpaired) electrons. The molecule has 0 fully saturated rings. The molecule has 2 aromatic rings. The topological polar surface area (TPSA) is 23.5 Å². The quantitative estimate of drug-likeness (QED) is 0.719. The van der Waals surface area contributed by atoms with Crippen molar-refractivity contribution in [2.75, 3.05) is 6.54 Å². The predicted octanol–water partition coefficient (Wildman–Crippen LogP) is 5.48. The Morgan fingerprint density at radius 3 is 2.12 bits per heavy atom. The highest BCUT2D eigenvalue weighted by Crippen LogP contribution is 2.35. The molecule has 2 nitrogen and oxygen atoms in total. The van der Waals surface area contributed by atoms with Crippen LogP contribution in [0, 0.1) is 12.7 Å². The van der Waals surface area contributed by atoms with E-state index in [9.17, 15) is 9.50 Å². The van der Waals surface area contributed by atoms with Crippen LogP contribution in [-0.2, 0) is 0 Å². The zero-order chi connectivity index (χ0) is 18.6. The van der Waals surface area contributed by atoms with Gasteiger partial charge in [0.2, 0.25) is 0 Å². The lowest BCUT2D eigenvalue weighted by molar-refractivity contribution is 0.170. The van der Waals surface area contributed by atoms with Gasteiger partial charge in [0.05, 0.1) is 0 Å². The van der Waals surface area contributed by atoms with E-state index in [1.54, 1.807) is 6.07 Å². The number of benzene rings is 2. The van der Waals surface area contributed by atoms with E-state index in [-0.39, 0.29) is 11.7 Å². The van der Waals surface area contributed by atoms with Crippen LogP contribution in [0.3, 0.4) is 0 Å². The molecule has 3 heteroatoms. The molecule has 0 saturated heterocycles. The fraction of sp³-hybridized carbons (Fsp3) is 0.455. The Hall–Kier alpha value is -1.87. The number of phenolic OH excluding ortho intramolecular Hbond substituents is 1. The number of aromatic hydroxyl groups is 1. The first-order chi connectivity index (χ1) is 11.8. The normalized spacial score (nSPS) is 13.0. The van der Waals surface area contributed by atoms with Gasteiger partial charge >= 0.3 is 0 Å². The van der Waals surface area contributed by atoms with Gasteiger partial charge < -0.3 is 5.11 Å². The molecule has 0 bridgehead atoms. The summed E-state index contributed by atoms with van der Waals surface area (Å²) in [6, 6.07) is 13.3. The van der Waals surface area contributed by atoms with Gasteiger partial charge in [-0.25, -0.2) is 4.39 Å². The standard InChI is InChI=1S/C22H30FNO/c1-15(2)24(16(3)4)13-12-20(18-7-9-19(23)10-8-18)21-14-17(5)6-11-22(21)25/h6-11,14-16,20,25H,12-13H2,1-5H3/t20-/m1/s1. The molecule has 1 N–H and O–H groups in total. The molecule has 0 amide bonds. The van der Waals surface area contributed by atoms with E-state index in [0.717, 1.165) is 29.7 Å². The van der Waals surface area contributed by atoms with Crippen LogP contribution in [0.25, 0.3) is 0 Å². The average Bonchev–Trinajstić information content (AvgIpc) is 2.54. The number of hydrogen-bond acceptors (Lipinski definition) is 2. The van der Waals surface area contributed by atoms with E-state index in [0.29, 0.717) is 17.8 Å². The summed E-state index contributed by atoms with van der Waals surface area (Å²) in [5.41, 5.74) is 3.07. The number of nitrogens with zero attached hydrogens (tertiary/aromatic N) is 1. The van der Waals surface area contributed by atoms with Gasteiger partial charge in [-0.2, -0.15) is 0 Å². The van der Waals surface area contributed by atoms with E-state index < -0.39 is 0 Å². The van der Waals surface area contributed by atoms with Crippen molar-refractivity contribution in [2.24, 2.45) is 0 Å². The predicted molar refractivity (Wildman–Crippen MR) is 103 cm³/mol. The maximum absolute atomic E-state index is 13.4. The molecule has 0 aromatic heterocycles. The number of rotatable bonds is 7. The Morgan fingerprint density at radius 2 is 1.56 bits per heavy atom. The van der Waals surface area contributed by atoms with Gasteiger partial charge in [-0.05, 0) is 71.3 Å². The fourth-order valence-electron chi connectivity index (χ4n) is 3.54. The molecule has 0 saturated carbocycles. The summed E-state index contributed by atoms with van der Waals surface area (Å²) < 4.78 is 13.4. The van der Waals surface area contributed by atoms with Crippen LogP contribution >= 0.6 is 0 Å². The van der Waals surface area contributed by atoms with E-state index in [1.807, 2.05) is 31.2 Å². The monoisotopic (exact) mass is 343 g/mol. The van der Waals surface area contributed by atoms with Crippen LogP contribution in [0.2, 0.25) is 0 Å². The minimum absolute atomic E-state index is 0.0421. The third-order valence-corrected chi connectivity index (χ3v) is 4.83. The first-order valence-electron chi connectivity index (χ1n) is 9.10. The summed E-state index contributed by atoms with van der Waals surface area (Å²) in [6.07, 6.45) is 0.874. The highest BCUT2D eigenvalue weighted by Gasteiger charge is 2.21. The molecule has 2 rings (SSSR count). The number of halogens is 1. The second-order valence-electron chi connectivity index (χ2n) is 7.38. The first-order valence-corrected chi connectivity index (χ1v) is 9.10. The van der Waals surface area contributed by atoms with Crippen molar-refractivity contribution >= 4 is 0 Å². The van der Waals surface area contributed by atoms with Crippen LogP contribution in [0.4, 0.5) is 4.39 Å². The van der Waals surface area contributed by atoms with Gasteiger partial charge in [0.15, 0.2) is 0 Å². The molecule has 0 aliphatic rings. The second-order valence-corrected chi connectivity index (χ2v) is 7.38. The fourth-order valence-corrected chi connectivity index (χ4v) is 3.54. The van der Waals surface area contributed by atoms with Crippen molar-refractivity contribution in [2.45, 2.75) is 59.0 Å². The Kier molecular flexibility index (Phi) is 6.60. The van der Waals surface area contributed by atoms with Gasteiger partial charge in [0.1, 0.15) is 11.6 Å². The average molecular weight is 343 g/mol. The lowest BCUT2D eigenvalue weighted by Gasteiger charge is -2.32. The number of aryl methyl sites for hydroxylation is 1. The summed E-state index contributed by atoms with van der Waals surface area (Å²) in [5, 5.41) is 10.4. The highest BCUT2D eigenvalue weighted by atomic mass is 19.1. The minimum atomic E-state index is -0.234. The molecular weight excluding hydrogens is 313 g/mol. The molecule has 0 heterocycles. The number of hydrogen-bond donors (Lipinski definition) is 1. The lowest BCUT2D eigenvalue weighted by Crippen LogP contribution is -2.38. The molecule has 2 aromatic carbocycles. The molecule has 0 spiro atoms. The molecule has 0 aliphatic carbocycles. The summed E-state index contributed by atoms with van der Waals surface area (Å²) in [5.74, 6) is 0.114. The molecular formula is C22H30FNO. The van der Waals surface area contributed by atoms with Crippen LogP contribution in [0.15, 0.2) is 42.5 Å². The summed E-state index contributed by atoms with van der Waals surface area (Å²) in [7, 11) is 0. The third kappa shape index (κ3) is 5.05. The zero-order valence-corrected chi connectivity index (χ0v) is 16.0. The van der Waals surface area contributed by atoms with Crippen molar-refractivity contribution < 1.29 is 9.50 Å². The SMILES string of the molecule is Cc1ccc(O)c([C@H](CCN(C(C)C)C(C)C)c2ccc(F)cc2)c1. The van der Waals surface area contributed by atoms with Crippen LogP contribution in [0.5, 0.6) is 5.75 Å². The Labute approximate surface area is 151 Å². The van der Waals surface area contributed by atoms with Crippen molar-refractivity contribution in [3.63, 3.8) is 0 Å². The molecule has 0 aliphatic heterocycles. The van der Waals surface area contributed by atoms with Crippen molar-refractivity contribution in [1.82, 2.24) is 4.90 Å². The van der Waals surface area contributed by atoms with E-state index >= 15 is 0 Å². The van der Waals surface area contributed by atoms with Crippen LogP contribution < -0.4 is 0 Å². The van der Waals surface area contributed by atoms with Gasteiger partial charge in [-0.3, -0.25) is 4.90 Å². The largest absolute Gasteiger partial charge is 0.508 e. The van der Waals surface area contributed by atoms with Gasteiger partial charge in [-0.1, -0.05) is 29.8 Å².